The van der Waals surface area contributed by atoms with Crippen molar-refractivity contribution in [3.05, 3.63) is 59.7 Å². The number of anilines is 2. The summed E-state index contributed by atoms with van der Waals surface area (Å²) in [7, 11) is 0. The highest BCUT2D eigenvalue weighted by Gasteiger charge is 2.24. The van der Waals surface area contributed by atoms with Gasteiger partial charge in [-0.15, -0.1) is 0 Å². The predicted molar refractivity (Wildman–Crippen MR) is 95.1 cm³/mol. The van der Waals surface area contributed by atoms with Gasteiger partial charge in [0, 0.05) is 24.3 Å². The Labute approximate surface area is 141 Å². The highest BCUT2D eigenvalue weighted by molar-refractivity contribution is 5.97. The number of carbonyl (C=O) groups excluding carboxylic acids is 2. The molecule has 5 nitrogen and oxygen atoms in total. The van der Waals surface area contributed by atoms with Crippen molar-refractivity contribution in [2.75, 3.05) is 16.8 Å². The molecule has 1 aliphatic heterocycles. The lowest BCUT2D eigenvalue weighted by Crippen LogP contribution is -2.34. The van der Waals surface area contributed by atoms with E-state index < -0.39 is 0 Å². The van der Waals surface area contributed by atoms with Crippen LogP contribution >= 0.6 is 0 Å². The quantitative estimate of drug-likeness (QED) is 0.907. The van der Waals surface area contributed by atoms with Crippen LogP contribution in [0.5, 0.6) is 0 Å². The lowest BCUT2D eigenvalue weighted by atomic mass is 9.99. The molecule has 0 saturated heterocycles. The summed E-state index contributed by atoms with van der Waals surface area (Å²) in [5.41, 5.74) is 3.85. The van der Waals surface area contributed by atoms with Gasteiger partial charge in [-0.3, -0.25) is 4.79 Å². The molecule has 0 fully saturated rings. The number of nitrogens with zero attached hydrogens (tertiary/aromatic N) is 1. The molecule has 0 spiro atoms. The number of carbonyl (C=O) groups is 2. The van der Waals surface area contributed by atoms with Crippen LogP contribution in [0.15, 0.2) is 48.5 Å². The molecule has 0 radical (unpaired) electrons. The Hall–Kier alpha value is -2.82. The molecule has 0 unspecified atom stereocenters. The maximum Gasteiger partial charge on any atom is 0.319 e. The standard InChI is InChI=1S/C19H21N3O2/c1-2-20-19(24)21-16-9-10-17-15(12-16)8-11-18(23)22(17)13-14-6-4-3-5-7-14/h3-7,9-10,12H,2,8,11,13H2,1H3,(H2,20,21,24). The summed E-state index contributed by atoms with van der Waals surface area (Å²) in [6.45, 7) is 3.02. The predicted octanol–water partition coefficient (Wildman–Crippen LogP) is 3.31. The average Bonchev–Trinajstić information content (AvgIpc) is 2.58. The van der Waals surface area contributed by atoms with Crippen LogP contribution in [0.3, 0.4) is 0 Å². The third-order valence-electron chi connectivity index (χ3n) is 4.06. The molecule has 5 heteroatoms. The van der Waals surface area contributed by atoms with Gasteiger partial charge in [-0.05, 0) is 42.7 Å². The summed E-state index contributed by atoms with van der Waals surface area (Å²) in [5, 5.41) is 5.52. The van der Waals surface area contributed by atoms with Crippen molar-refractivity contribution in [1.82, 2.24) is 5.32 Å². The van der Waals surface area contributed by atoms with Gasteiger partial charge in [-0.25, -0.2) is 4.79 Å². The van der Waals surface area contributed by atoms with Gasteiger partial charge in [0.2, 0.25) is 5.91 Å². The molecule has 2 aromatic carbocycles. The number of fused-ring (bicyclic) bond motifs is 1. The normalized spacial score (nSPS) is 13.4. The van der Waals surface area contributed by atoms with Crippen LogP contribution in [0.1, 0.15) is 24.5 Å². The smallest absolute Gasteiger partial charge is 0.319 e. The molecule has 24 heavy (non-hydrogen) atoms. The van der Waals surface area contributed by atoms with Crippen molar-refractivity contribution < 1.29 is 9.59 Å². The van der Waals surface area contributed by atoms with E-state index in [1.165, 1.54) is 0 Å². The van der Waals surface area contributed by atoms with E-state index in [-0.39, 0.29) is 11.9 Å². The Kier molecular flexibility index (Phi) is 4.79. The van der Waals surface area contributed by atoms with E-state index in [9.17, 15) is 9.59 Å². The van der Waals surface area contributed by atoms with Gasteiger partial charge in [0.1, 0.15) is 0 Å². The van der Waals surface area contributed by atoms with Crippen molar-refractivity contribution in [2.45, 2.75) is 26.3 Å². The summed E-state index contributed by atoms with van der Waals surface area (Å²) in [6, 6.07) is 15.4. The van der Waals surface area contributed by atoms with Gasteiger partial charge >= 0.3 is 6.03 Å². The fraction of sp³-hybridized carbons (Fsp3) is 0.263. The molecule has 1 aliphatic rings. The van der Waals surface area contributed by atoms with Crippen molar-refractivity contribution in [2.24, 2.45) is 0 Å². The monoisotopic (exact) mass is 323 g/mol. The fourth-order valence-corrected chi connectivity index (χ4v) is 2.91. The molecule has 2 aromatic rings. The maximum absolute atomic E-state index is 12.4. The number of hydrogen-bond acceptors (Lipinski definition) is 2. The molecule has 0 bridgehead atoms. The molecular formula is C19H21N3O2. The van der Waals surface area contributed by atoms with Gasteiger partial charge in [0.15, 0.2) is 0 Å². The number of benzene rings is 2. The van der Waals surface area contributed by atoms with Crippen LogP contribution in [-0.4, -0.2) is 18.5 Å². The third kappa shape index (κ3) is 3.56. The van der Waals surface area contributed by atoms with Gasteiger partial charge in [-0.2, -0.15) is 0 Å². The first kappa shape index (κ1) is 16.1. The van der Waals surface area contributed by atoms with E-state index >= 15 is 0 Å². The van der Waals surface area contributed by atoms with E-state index in [0.717, 1.165) is 22.5 Å². The van der Waals surface area contributed by atoms with E-state index in [4.69, 9.17) is 0 Å². The number of aryl methyl sites for hydroxylation is 1. The molecule has 0 aliphatic carbocycles. The van der Waals surface area contributed by atoms with Crippen molar-refractivity contribution >= 4 is 23.3 Å². The van der Waals surface area contributed by atoms with E-state index in [1.54, 1.807) is 0 Å². The minimum Gasteiger partial charge on any atom is -0.338 e. The molecule has 0 saturated carbocycles. The molecule has 0 aromatic heterocycles. The van der Waals surface area contributed by atoms with E-state index in [2.05, 4.69) is 10.6 Å². The summed E-state index contributed by atoms with van der Waals surface area (Å²) < 4.78 is 0. The zero-order valence-electron chi connectivity index (χ0n) is 13.7. The second kappa shape index (κ2) is 7.17. The van der Waals surface area contributed by atoms with Gasteiger partial charge in [0.25, 0.3) is 0 Å². The van der Waals surface area contributed by atoms with E-state index in [1.807, 2.05) is 60.4 Å². The number of amides is 3. The topological polar surface area (TPSA) is 61.4 Å². The average molecular weight is 323 g/mol. The lowest BCUT2D eigenvalue weighted by molar-refractivity contribution is -0.119. The van der Waals surface area contributed by atoms with Gasteiger partial charge < -0.3 is 15.5 Å². The Balaban J connectivity index is 1.82. The maximum atomic E-state index is 12.4. The molecule has 124 valence electrons. The first-order valence-electron chi connectivity index (χ1n) is 8.19. The van der Waals surface area contributed by atoms with Crippen LogP contribution < -0.4 is 15.5 Å². The Morgan fingerprint density at radius 1 is 1.12 bits per heavy atom. The minimum absolute atomic E-state index is 0.135. The zero-order valence-corrected chi connectivity index (χ0v) is 13.7. The number of urea groups is 1. The summed E-state index contributed by atoms with van der Waals surface area (Å²) in [4.78, 5) is 25.8. The van der Waals surface area contributed by atoms with Crippen LogP contribution in [0.4, 0.5) is 16.2 Å². The third-order valence-corrected chi connectivity index (χ3v) is 4.06. The number of nitrogens with one attached hydrogen (secondary N) is 2. The first-order valence-corrected chi connectivity index (χ1v) is 8.19. The van der Waals surface area contributed by atoms with Crippen LogP contribution in [0.2, 0.25) is 0 Å². The fourth-order valence-electron chi connectivity index (χ4n) is 2.91. The molecule has 1 heterocycles. The minimum atomic E-state index is -0.217. The Morgan fingerprint density at radius 3 is 2.67 bits per heavy atom. The summed E-state index contributed by atoms with van der Waals surface area (Å²) in [5.74, 6) is 0.135. The molecule has 3 amide bonds. The van der Waals surface area contributed by atoms with Crippen molar-refractivity contribution in [3.63, 3.8) is 0 Å². The van der Waals surface area contributed by atoms with Crippen molar-refractivity contribution in [3.8, 4) is 0 Å². The lowest BCUT2D eigenvalue weighted by Gasteiger charge is -2.30. The highest BCUT2D eigenvalue weighted by atomic mass is 16.2. The molecule has 0 atom stereocenters. The summed E-state index contributed by atoms with van der Waals surface area (Å²) in [6.07, 6.45) is 1.19. The first-order chi connectivity index (χ1) is 11.7. The van der Waals surface area contributed by atoms with Crippen LogP contribution in [-0.2, 0) is 17.8 Å². The van der Waals surface area contributed by atoms with Crippen molar-refractivity contribution in [1.29, 1.82) is 0 Å². The van der Waals surface area contributed by atoms with Crippen LogP contribution in [0, 0.1) is 0 Å². The second-order valence-electron chi connectivity index (χ2n) is 5.79. The van der Waals surface area contributed by atoms with Gasteiger partial charge in [0.05, 0.1) is 6.54 Å². The molecule has 2 N–H and O–H groups in total. The number of hydrogen-bond donors (Lipinski definition) is 2. The summed E-state index contributed by atoms with van der Waals surface area (Å²) >= 11 is 0. The number of rotatable bonds is 4. The zero-order chi connectivity index (χ0) is 16.9. The van der Waals surface area contributed by atoms with E-state index in [0.29, 0.717) is 25.9 Å². The van der Waals surface area contributed by atoms with Crippen LogP contribution in [0.25, 0.3) is 0 Å². The molecule has 3 rings (SSSR count). The SMILES string of the molecule is CCNC(=O)Nc1ccc2c(c1)CCC(=O)N2Cc1ccccc1. The molecular weight excluding hydrogens is 302 g/mol. The largest absolute Gasteiger partial charge is 0.338 e. The highest BCUT2D eigenvalue weighted by Crippen LogP contribution is 2.31. The Bertz CT molecular complexity index is 744. The second-order valence-corrected chi connectivity index (χ2v) is 5.79. The van der Waals surface area contributed by atoms with Gasteiger partial charge in [-0.1, -0.05) is 30.3 Å². The Morgan fingerprint density at radius 2 is 1.92 bits per heavy atom.